The molecule has 0 spiro atoms. The van der Waals surface area contributed by atoms with Gasteiger partial charge in [0.05, 0.1) is 12.2 Å². The molecule has 122 valence electrons. The third-order valence-electron chi connectivity index (χ3n) is 5.53. The van der Waals surface area contributed by atoms with Crippen molar-refractivity contribution in [3.63, 3.8) is 0 Å². The lowest BCUT2D eigenvalue weighted by Gasteiger charge is -2.27. The first-order valence-electron chi connectivity index (χ1n) is 8.52. The fraction of sp³-hybridized carbons (Fsp3) is 0.526. The van der Waals surface area contributed by atoms with Crippen molar-refractivity contribution >= 4 is 0 Å². The van der Waals surface area contributed by atoms with E-state index in [9.17, 15) is 0 Å². The minimum Gasteiger partial charge on any atom is -0.360 e. The monoisotopic (exact) mass is 311 g/mol. The van der Waals surface area contributed by atoms with Crippen LogP contribution in [0.1, 0.15) is 28.6 Å². The van der Waals surface area contributed by atoms with Crippen LogP contribution in [0.5, 0.6) is 0 Å². The minimum atomic E-state index is 0.544. The van der Waals surface area contributed by atoms with Gasteiger partial charge in [0.1, 0.15) is 0 Å². The van der Waals surface area contributed by atoms with E-state index in [1.807, 2.05) is 6.92 Å². The predicted octanol–water partition coefficient (Wildman–Crippen LogP) is 3.03. The van der Waals surface area contributed by atoms with Crippen LogP contribution in [0.3, 0.4) is 0 Å². The molecule has 2 aliphatic rings. The molecule has 1 aromatic carbocycles. The summed E-state index contributed by atoms with van der Waals surface area (Å²) in [4.78, 5) is 5.08. The zero-order chi connectivity index (χ0) is 16.0. The molecule has 0 N–H and O–H groups in total. The Balaban J connectivity index is 1.52. The first kappa shape index (κ1) is 14.9. The maximum Gasteiger partial charge on any atom is 0.150 e. The molecule has 2 aromatic rings. The highest BCUT2D eigenvalue weighted by Crippen LogP contribution is 2.45. The van der Waals surface area contributed by atoms with E-state index < -0.39 is 0 Å². The zero-order valence-electron chi connectivity index (χ0n) is 14.2. The Morgan fingerprint density at radius 1 is 1.17 bits per heavy atom. The number of likely N-dealkylation sites (tertiary alicyclic amines) is 2. The highest BCUT2D eigenvalue weighted by Gasteiger charge is 2.46. The van der Waals surface area contributed by atoms with Crippen LogP contribution in [0, 0.1) is 25.7 Å². The van der Waals surface area contributed by atoms with Crippen molar-refractivity contribution in [2.24, 2.45) is 11.8 Å². The Morgan fingerprint density at radius 3 is 2.74 bits per heavy atom. The summed E-state index contributed by atoms with van der Waals surface area (Å²) in [6, 6.07) is 11.5. The number of fused-ring (bicyclic) bond motifs is 1. The number of aryl methyl sites for hydroxylation is 2. The van der Waals surface area contributed by atoms with Crippen LogP contribution in [-0.2, 0) is 6.54 Å². The number of hydrogen-bond donors (Lipinski definition) is 0. The van der Waals surface area contributed by atoms with Gasteiger partial charge in [-0.05, 0) is 43.9 Å². The highest BCUT2D eigenvalue weighted by molar-refractivity contribution is 5.31. The molecule has 23 heavy (non-hydrogen) atoms. The van der Waals surface area contributed by atoms with Gasteiger partial charge in [-0.15, -0.1) is 0 Å². The molecule has 0 saturated carbocycles. The number of benzene rings is 1. The molecule has 4 heteroatoms. The Hall–Kier alpha value is -1.65. The van der Waals surface area contributed by atoms with Gasteiger partial charge in [-0.2, -0.15) is 0 Å². The van der Waals surface area contributed by atoms with Crippen molar-refractivity contribution in [3.8, 4) is 0 Å². The van der Waals surface area contributed by atoms with Gasteiger partial charge in [0.15, 0.2) is 5.76 Å². The van der Waals surface area contributed by atoms with Crippen molar-refractivity contribution < 1.29 is 4.52 Å². The number of aromatic nitrogens is 1. The molecule has 0 unspecified atom stereocenters. The van der Waals surface area contributed by atoms with Crippen molar-refractivity contribution in [2.75, 3.05) is 26.7 Å². The van der Waals surface area contributed by atoms with E-state index in [1.165, 1.54) is 17.7 Å². The fourth-order valence-electron chi connectivity index (χ4n) is 4.58. The normalized spacial score (nSPS) is 28.4. The summed E-state index contributed by atoms with van der Waals surface area (Å²) in [5, 5.41) is 4.01. The maximum atomic E-state index is 5.40. The van der Waals surface area contributed by atoms with Crippen LogP contribution in [0.15, 0.2) is 34.9 Å². The standard InChI is InChI=1S/C19H25N3O/c1-13-6-4-5-7-17(13)19-18-12-22(10-15(18)9-21(19)3)11-16-8-14(2)20-23-16/h4-8,15,18-19H,9-12H2,1-3H3/t15-,18+,19+/m0/s1. The van der Waals surface area contributed by atoms with Gasteiger partial charge in [0.25, 0.3) is 0 Å². The summed E-state index contributed by atoms with van der Waals surface area (Å²) >= 11 is 0. The Kier molecular flexibility index (Phi) is 3.74. The summed E-state index contributed by atoms with van der Waals surface area (Å²) in [7, 11) is 2.28. The van der Waals surface area contributed by atoms with Gasteiger partial charge < -0.3 is 4.52 Å². The van der Waals surface area contributed by atoms with Crippen molar-refractivity contribution in [2.45, 2.75) is 26.4 Å². The van der Waals surface area contributed by atoms with Gasteiger partial charge in [0, 0.05) is 31.7 Å². The molecular formula is C19H25N3O. The van der Waals surface area contributed by atoms with Gasteiger partial charge in [0.2, 0.25) is 0 Å². The van der Waals surface area contributed by atoms with Crippen LogP contribution < -0.4 is 0 Å². The highest BCUT2D eigenvalue weighted by atomic mass is 16.5. The molecule has 3 atom stereocenters. The zero-order valence-corrected chi connectivity index (χ0v) is 14.2. The number of nitrogens with zero attached hydrogens (tertiary/aromatic N) is 3. The van der Waals surface area contributed by atoms with Crippen LogP contribution in [0.2, 0.25) is 0 Å². The number of hydrogen-bond acceptors (Lipinski definition) is 4. The average Bonchev–Trinajstić information content (AvgIpc) is 3.15. The Bertz CT molecular complexity index is 695. The maximum absolute atomic E-state index is 5.40. The van der Waals surface area contributed by atoms with Crippen molar-refractivity contribution in [1.82, 2.24) is 15.0 Å². The van der Waals surface area contributed by atoms with Crippen LogP contribution in [0.4, 0.5) is 0 Å². The van der Waals surface area contributed by atoms with Crippen LogP contribution in [0.25, 0.3) is 0 Å². The molecule has 0 amide bonds. The van der Waals surface area contributed by atoms with Gasteiger partial charge in [-0.1, -0.05) is 29.4 Å². The summed E-state index contributed by atoms with van der Waals surface area (Å²) in [6.07, 6.45) is 0. The quantitative estimate of drug-likeness (QED) is 0.872. The summed E-state index contributed by atoms with van der Waals surface area (Å²) in [5.74, 6) is 2.46. The van der Waals surface area contributed by atoms with E-state index in [-0.39, 0.29) is 0 Å². The van der Waals surface area contributed by atoms with Gasteiger partial charge in [-0.3, -0.25) is 9.80 Å². The largest absolute Gasteiger partial charge is 0.360 e. The lowest BCUT2D eigenvalue weighted by Crippen LogP contribution is -2.29. The van der Waals surface area contributed by atoms with E-state index in [0.717, 1.165) is 37.0 Å². The summed E-state index contributed by atoms with van der Waals surface area (Å²) < 4.78 is 5.40. The van der Waals surface area contributed by atoms with Crippen LogP contribution in [-0.4, -0.2) is 41.6 Å². The molecule has 2 aliphatic heterocycles. The second-order valence-corrected chi connectivity index (χ2v) is 7.29. The number of rotatable bonds is 3. The second-order valence-electron chi connectivity index (χ2n) is 7.29. The van der Waals surface area contributed by atoms with E-state index in [0.29, 0.717) is 12.0 Å². The molecule has 0 radical (unpaired) electrons. The van der Waals surface area contributed by atoms with Crippen LogP contribution >= 0.6 is 0 Å². The molecule has 1 aromatic heterocycles. The Labute approximate surface area is 138 Å². The molecular weight excluding hydrogens is 286 g/mol. The third kappa shape index (κ3) is 2.70. The lowest BCUT2D eigenvalue weighted by atomic mass is 9.88. The molecule has 4 nitrogen and oxygen atoms in total. The van der Waals surface area contributed by atoms with Gasteiger partial charge in [-0.25, -0.2) is 0 Å². The SMILES string of the molecule is Cc1cc(CN2C[C@@H]3CN(C)[C@H](c4ccccc4C)[C@@H]3C2)on1. The molecule has 2 fully saturated rings. The average molecular weight is 311 g/mol. The molecule has 3 heterocycles. The third-order valence-corrected chi connectivity index (χ3v) is 5.53. The fourth-order valence-corrected chi connectivity index (χ4v) is 4.58. The predicted molar refractivity (Wildman–Crippen MR) is 90.0 cm³/mol. The second kappa shape index (κ2) is 5.77. The van der Waals surface area contributed by atoms with E-state index >= 15 is 0 Å². The molecule has 4 rings (SSSR count). The molecule has 2 saturated heterocycles. The lowest BCUT2D eigenvalue weighted by molar-refractivity contribution is 0.210. The first-order valence-corrected chi connectivity index (χ1v) is 8.52. The van der Waals surface area contributed by atoms with Crippen molar-refractivity contribution in [3.05, 3.63) is 52.9 Å². The summed E-state index contributed by atoms with van der Waals surface area (Å²) in [6.45, 7) is 8.61. The molecule has 0 bridgehead atoms. The minimum absolute atomic E-state index is 0.544. The van der Waals surface area contributed by atoms with Gasteiger partial charge >= 0.3 is 0 Å². The Morgan fingerprint density at radius 2 is 2.00 bits per heavy atom. The smallest absolute Gasteiger partial charge is 0.150 e. The summed E-state index contributed by atoms with van der Waals surface area (Å²) in [5.41, 5.74) is 3.88. The van der Waals surface area contributed by atoms with E-state index in [2.05, 4.69) is 59.3 Å². The first-order chi connectivity index (χ1) is 11.1. The van der Waals surface area contributed by atoms with E-state index in [1.54, 1.807) is 0 Å². The van der Waals surface area contributed by atoms with E-state index in [4.69, 9.17) is 4.52 Å². The molecule has 0 aliphatic carbocycles. The topological polar surface area (TPSA) is 32.5 Å². The van der Waals surface area contributed by atoms with Crippen molar-refractivity contribution in [1.29, 1.82) is 0 Å².